The highest BCUT2D eigenvalue weighted by Gasteiger charge is 2.19. The normalized spacial score (nSPS) is 11.9. The van der Waals surface area contributed by atoms with E-state index in [1.54, 1.807) is 18.5 Å². The summed E-state index contributed by atoms with van der Waals surface area (Å²) in [5.41, 5.74) is 6.15. The van der Waals surface area contributed by atoms with Gasteiger partial charge in [0.15, 0.2) is 0 Å². The van der Waals surface area contributed by atoms with Gasteiger partial charge in [0.2, 0.25) is 5.91 Å². The zero-order chi connectivity index (χ0) is 12.1. The van der Waals surface area contributed by atoms with Gasteiger partial charge in [-0.05, 0) is 28.4 Å². The first-order valence-electron chi connectivity index (χ1n) is 4.76. The molecule has 1 heterocycles. The smallest absolute Gasteiger partial charge is 0.234 e. The van der Waals surface area contributed by atoms with Gasteiger partial charge in [-0.3, -0.25) is 9.78 Å². The summed E-state index contributed by atoms with van der Waals surface area (Å²) in [6.45, 7) is 1.87. The minimum Gasteiger partial charge on any atom is -0.393 e. The largest absolute Gasteiger partial charge is 0.393 e. The Bertz CT molecular complexity index is 411. The number of hydrogen-bond donors (Lipinski definition) is 2. The maximum Gasteiger partial charge on any atom is 0.234 e. The number of rotatable bonds is 4. The number of carbonyl (C=O) groups excluding carboxylic acids is 1. The zero-order valence-electron chi connectivity index (χ0n) is 8.74. The Morgan fingerprint density at radius 3 is 2.94 bits per heavy atom. The maximum atomic E-state index is 11.8. The molecule has 0 aliphatic carbocycles. The number of anilines is 1. The van der Waals surface area contributed by atoms with Crippen molar-refractivity contribution in [3.8, 4) is 0 Å². The number of nitrogens with two attached hydrogens (primary N) is 1. The van der Waals surface area contributed by atoms with E-state index in [-0.39, 0.29) is 10.9 Å². The van der Waals surface area contributed by atoms with E-state index in [0.717, 1.165) is 4.47 Å². The molecule has 6 heteroatoms. The molecule has 0 spiro atoms. The van der Waals surface area contributed by atoms with E-state index in [1.807, 2.05) is 6.92 Å². The van der Waals surface area contributed by atoms with Crippen LogP contribution in [0.25, 0.3) is 0 Å². The van der Waals surface area contributed by atoms with Crippen molar-refractivity contribution < 1.29 is 4.79 Å². The van der Waals surface area contributed by atoms with Crippen molar-refractivity contribution in [3.63, 3.8) is 0 Å². The molecule has 0 aliphatic rings. The molecule has 1 amide bonds. The quantitative estimate of drug-likeness (QED) is 0.836. The van der Waals surface area contributed by atoms with E-state index >= 15 is 0 Å². The number of halogens is 1. The van der Waals surface area contributed by atoms with Crippen molar-refractivity contribution in [2.45, 2.75) is 13.3 Å². The Kier molecular flexibility index (Phi) is 4.82. The van der Waals surface area contributed by atoms with Gasteiger partial charge in [-0.15, -0.1) is 0 Å². The predicted molar refractivity (Wildman–Crippen MR) is 71.1 cm³/mol. The van der Waals surface area contributed by atoms with Crippen molar-refractivity contribution in [3.05, 3.63) is 22.9 Å². The summed E-state index contributed by atoms with van der Waals surface area (Å²) in [6, 6.07) is 1.70. The fourth-order valence-electron chi connectivity index (χ4n) is 1.21. The third-order valence-corrected chi connectivity index (χ3v) is 3.01. The number of aromatic nitrogens is 1. The third-order valence-electron chi connectivity index (χ3n) is 2.10. The van der Waals surface area contributed by atoms with Crippen molar-refractivity contribution in [1.29, 1.82) is 0 Å². The third kappa shape index (κ3) is 3.24. The molecule has 0 aromatic carbocycles. The van der Waals surface area contributed by atoms with Crippen molar-refractivity contribution >= 4 is 44.7 Å². The summed E-state index contributed by atoms with van der Waals surface area (Å²) in [5.74, 6) is -0.628. The van der Waals surface area contributed by atoms with Crippen LogP contribution in [0.2, 0.25) is 0 Å². The molecule has 1 rings (SSSR count). The summed E-state index contributed by atoms with van der Waals surface area (Å²) in [4.78, 5) is 15.9. The highest BCUT2D eigenvalue weighted by Crippen LogP contribution is 2.21. The Morgan fingerprint density at radius 2 is 2.44 bits per heavy atom. The summed E-state index contributed by atoms with van der Waals surface area (Å²) in [5, 5.41) is 2.75. The van der Waals surface area contributed by atoms with Gasteiger partial charge in [0.25, 0.3) is 0 Å². The number of pyridine rings is 1. The van der Waals surface area contributed by atoms with Gasteiger partial charge in [-0.2, -0.15) is 0 Å². The SMILES string of the molecule is CCC(C(=O)Nc1ccncc1Br)C(N)=S. The van der Waals surface area contributed by atoms with Gasteiger partial charge >= 0.3 is 0 Å². The van der Waals surface area contributed by atoms with Crippen LogP contribution in [0, 0.1) is 5.92 Å². The lowest BCUT2D eigenvalue weighted by atomic mass is 10.1. The topological polar surface area (TPSA) is 68.0 Å². The van der Waals surface area contributed by atoms with E-state index in [1.165, 1.54) is 0 Å². The molecule has 0 aliphatic heterocycles. The molecule has 1 atom stereocenters. The molecule has 1 aromatic heterocycles. The molecule has 0 saturated heterocycles. The molecule has 4 nitrogen and oxygen atoms in total. The van der Waals surface area contributed by atoms with E-state index in [2.05, 4.69) is 26.2 Å². The molecule has 0 radical (unpaired) electrons. The molecule has 0 bridgehead atoms. The average Bonchev–Trinajstić information content (AvgIpc) is 2.22. The summed E-state index contributed by atoms with van der Waals surface area (Å²) in [6.07, 6.45) is 3.79. The number of nitrogens with zero attached hydrogens (tertiary/aromatic N) is 1. The van der Waals surface area contributed by atoms with Crippen LogP contribution in [-0.2, 0) is 4.79 Å². The molecule has 0 fully saturated rings. The van der Waals surface area contributed by atoms with Crippen LogP contribution in [-0.4, -0.2) is 15.9 Å². The van der Waals surface area contributed by atoms with E-state index < -0.39 is 5.92 Å². The molecule has 16 heavy (non-hydrogen) atoms. The van der Waals surface area contributed by atoms with Crippen LogP contribution >= 0.6 is 28.1 Å². The minimum absolute atomic E-state index is 0.193. The van der Waals surface area contributed by atoms with E-state index in [4.69, 9.17) is 18.0 Å². The van der Waals surface area contributed by atoms with Gasteiger partial charge in [-0.1, -0.05) is 19.1 Å². The molecular formula is C10H12BrN3OS. The monoisotopic (exact) mass is 301 g/mol. The Hall–Kier alpha value is -1.01. The summed E-state index contributed by atoms with van der Waals surface area (Å²) >= 11 is 8.13. The van der Waals surface area contributed by atoms with Crippen LogP contribution in [0.4, 0.5) is 5.69 Å². The first kappa shape index (κ1) is 13.1. The maximum absolute atomic E-state index is 11.8. The lowest BCUT2D eigenvalue weighted by Crippen LogP contribution is -2.32. The van der Waals surface area contributed by atoms with Crippen molar-refractivity contribution in [2.24, 2.45) is 11.7 Å². The summed E-state index contributed by atoms with van der Waals surface area (Å²) < 4.78 is 0.723. The predicted octanol–water partition coefficient (Wildman–Crippen LogP) is 2.09. The second-order valence-electron chi connectivity index (χ2n) is 3.21. The number of hydrogen-bond acceptors (Lipinski definition) is 3. The molecule has 0 saturated carbocycles. The van der Waals surface area contributed by atoms with Crippen LogP contribution in [0.3, 0.4) is 0 Å². The summed E-state index contributed by atoms with van der Waals surface area (Å²) in [7, 11) is 0. The molecular weight excluding hydrogens is 290 g/mol. The van der Waals surface area contributed by atoms with Crippen LogP contribution in [0.1, 0.15) is 13.3 Å². The standard InChI is InChI=1S/C10H12BrN3OS/c1-2-6(9(12)16)10(15)14-8-3-4-13-5-7(8)11/h3-6H,2H2,1H3,(H2,12,16)(H,13,14,15). The van der Waals surface area contributed by atoms with Gasteiger partial charge in [0.05, 0.1) is 21.1 Å². The molecule has 3 N–H and O–H groups in total. The lowest BCUT2D eigenvalue weighted by molar-refractivity contribution is -0.118. The lowest BCUT2D eigenvalue weighted by Gasteiger charge is -2.13. The minimum atomic E-state index is -0.435. The van der Waals surface area contributed by atoms with Gasteiger partial charge in [0.1, 0.15) is 0 Å². The van der Waals surface area contributed by atoms with Crippen LogP contribution < -0.4 is 11.1 Å². The Labute approximate surface area is 108 Å². The fourth-order valence-corrected chi connectivity index (χ4v) is 1.84. The Balaban J connectivity index is 2.78. The second kappa shape index (κ2) is 5.91. The number of thiocarbonyl (C=S) groups is 1. The first-order valence-corrected chi connectivity index (χ1v) is 5.96. The van der Waals surface area contributed by atoms with E-state index in [9.17, 15) is 4.79 Å². The highest BCUT2D eigenvalue weighted by atomic mass is 79.9. The van der Waals surface area contributed by atoms with Crippen molar-refractivity contribution in [1.82, 2.24) is 4.98 Å². The number of amides is 1. The highest BCUT2D eigenvalue weighted by molar-refractivity contribution is 9.10. The zero-order valence-corrected chi connectivity index (χ0v) is 11.1. The van der Waals surface area contributed by atoms with Crippen LogP contribution in [0.15, 0.2) is 22.9 Å². The molecule has 1 unspecified atom stereocenters. The average molecular weight is 302 g/mol. The van der Waals surface area contributed by atoms with Crippen LogP contribution in [0.5, 0.6) is 0 Å². The number of nitrogens with one attached hydrogen (secondary N) is 1. The van der Waals surface area contributed by atoms with Crippen molar-refractivity contribution in [2.75, 3.05) is 5.32 Å². The van der Waals surface area contributed by atoms with Gasteiger partial charge in [-0.25, -0.2) is 0 Å². The van der Waals surface area contributed by atoms with E-state index in [0.29, 0.717) is 12.1 Å². The first-order chi connectivity index (χ1) is 7.56. The fraction of sp³-hybridized carbons (Fsp3) is 0.300. The molecule has 1 aromatic rings. The Morgan fingerprint density at radius 1 is 1.75 bits per heavy atom. The molecule has 86 valence electrons. The number of carbonyl (C=O) groups is 1. The second-order valence-corrected chi connectivity index (χ2v) is 4.53. The van der Waals surface area contributed by atoms with Gasteiger partial charge < -0.3 is 11.1 Å². The van der Waals surface area contributed by atoms with Gasteiger partial charge in [0, 0.05) is 12.4 Å².